The van der Waals surface area contributed by atoms with Gasteiger partial charge in [-0.25, -0.2) is 0 Å². The molecule has 0 aromatic rings. The van der Waals surface area contributed by atoms with Gasteiger partial charge in [-0.3, -0.25) is 0 Å². The van der Waals surface area contributed by atoms with Gasteiger partial charge >= 0.3 is 0 Å². The van der Waals surface area contributed by atoms with Crippen LogP contribution < -0.4 is 10.0 Å². The Morgan fingerprint density at radius 2 is 1.47 bits per heavy atom. The first-order chi connectivity index (χ1) is 8.04. The van der Waals surface area contributed by atoms with Crippen LogP contribution in [0.25, 0.3) is 0 Å². The summed E-state index contributed by atoms with van der Waals surface area (Å²) in [5.41, 5.74) is 0. The number of hydrogen-bond donors (Lipinski definition) is 1. The summed E-state index contributed by atoms with van der Waals surface area (Å²) in [6.45, 7) is 5.41. The first-order valence-corrected chi connectivity index (χ1v) is 7.03. The van der Waals surface area contributed by atoms with E-state index in [9.17, 15) is 9.90 Å². The highest BCUT2D eigenvalue weighted by atomic mass is 16.4. The van der Waals surface area contributed by atoms with E-state index in [0.717, 1.165) is 0 Å². The minimum absolute atomic E-state index is 0.181. The molecule has 0 bridgehead atoms. The number of rotatable bonds is 9. The molecule has 0 aliphatic rings. The Kier molecular flexibility index (Phi) is 17.1. The van der Waals surface area contributed by atoms with Gasteiger partial charge in [-0.2, -0.15) is 0 Å². The molecule has 104 valence electrons. The summed E-state index contributed by atoms with van der Waals surface area (Å²) in [4.78, 5) is 11.1. The molecule has 0 amide bonds. The monoisotopic (exact) mass is 245 g/mol. The number of carbonyl (C=O) groups excluding carboxylic acids is 1. The fourth-order valence-electron chi connectivity index (χ4n) is 1.46. The van der Waals surface area contributed by atoms with Crippen molar-refractivity contribution in [2.45, 2.75) is 65.2 Å². The van der Waals surface area contributed by atoms with Crippen LogP contribution in [0.15, 0.2) is 0 Å². The van der Waals surface area contributed by atoms with Crippen molar-refractivity contribution in [3.63, 3.8) is 0 Å². The van der Waals surface area contributed by atoms with Crippen LogP contribution in [0.4, 0.5) is 0 Å². The van der Waals surface area contributed by atoms with Crippen LogP contribution >= 0.6 is 0 Å². The highest BCUT2D eigenvalue weighted by Crippen LogP contribution is 2.03. The number of carbonyl (C=O) groups is 1. The van der Waals surface area contributed by atoms with Gasteiger partial charge in [-0.05, 0) is 19.3 Å². The van der Waals surface area contributed by atoms with Gasteiger partial charge < -0.3 is 14.8 Å². The second kappa shape index (κ2) is 15.4. The maximum Gasteiger partial charge on any atom is 0.0766 e. The molecule has 3 heteroatoms. The van der Waals surface area contributed by atoms with Crippen molar-refractivity contribution in [2.24, 2.45) is 0 Å². The third-order valence-electron chi connectivity index (χ3n) is 2.48. The van der Waals surface area contributed by atoms with Crippen molar-refractivity contribution in [1.82, 2.24) is 0 Å². The molecule has 0 aliphatic carbocycles. The van der Waals surface area contributed by atoms with Gasteiger partial charge in [-0.15, -0.1) is 0 Å². The number of quaternary nitrogens is 1. The Labute approximate surface area is 107 Å². The normalized spacial score (nSPS) is 9.94. The van der Waals surface area contributed by atoms with Gasteiger partial charge in [0.1, 0.15) is 0 Å². The predicted octanol–water partition coefficient (Wildman–Crippen LogP) is 1.03. The van der Waals surface area contributed by atoms with E-state index in [1.165, 1.54) is 45.1 Å². The van der Waals surface area contributed by atoms with Crippen LogP contribution in [0.3, 0.4) is 0 Å². The molecule has 17 heavy (non-hydrogen) atoms. The molecule has 0 spiro atoms. The lowest BCUT2D eigenvalue weighted by atomic mass is 10.1. The molecule has 0 aliphatic heterocycles. The number of hydrogen-bond acceptors (Lipinski definition) is 2. The standard InChI is InChI=1S/C10H23N.C4H8O2/c1-4-5-6-7-8-9-10-11(2)3;1-2-3-4(5)6/h4-10H2,1-3H3;2-3H2,1H3,(H,5,6). The lowest BCUT2D eigenvalue weighted by molar-refractivity contribution is -0.858. The van der Waals surface area contributed by atoms with Crippen molar-refractivity contribution in [1.29, 1.82) is 0 Å². The van der Waals surface area contributed by atoms with Crippen molar-refractivity contribution >= 4 is 5.97 Å². The van der Waals surface area contributed by atoms with Crippen molar-refractivity contribution < 1.29 is 14.8 Å². The molecule has 1 N–H and O–H groups in total. The summed E-state index contributed by atoms with van der Waals surface area (Å²) < 4.78 is 0. The molecule has 0 saturated heterocycles. The maximum absolute atomic E-state index is 9.49. The third kappa shape index (κ3) is 25.6. The Bertz CT molecular complexity index is 158. The molecule has 0 fully saturated rings. The van der Waals surface area contributed by atoms with Crippen LogP contribution in [0.5, 0.6) is 0 Å². The Balaban J connectivity index is 0. The topological polar surface area (TPSA) is 44.6 Å². The minimum atomic E-state index is -0.961. The molecule has 0 heterocycles. The summed E-state index contributed by atoms with van der Waals surface area (Å²) in [5, 5.41) is 9.49. The van der Waals surface area contributed by atoms with E-state index in [4.69, 9.17) is 0 Å². The average molecular weight is 245 g/mol. The average Bonchev–Trinajstić information content (AvgIpc) is 2.23. The summed E-state index contributed by atoms with van der Waals surface area (Å²) in [7, 11) is 4.46. The lowest BCUT2D eigenvalue weighted by Gasteiger charge is -2.05. The first kappa shape index (κ1) is 18.8. The zero-order valence-corrected chi connectivity index (χ0v) is 12.2. The lowest BCUT2D eigenvalue weighted by Crippen LogP contribution is -3.05. The zero-order valence-electron chi connectivity index (χ0n) is 12.2. The summed E-state index contributed by atoms with van der Waals surface area (Å²) in [6.07, 6.45) is 9.37. The molecule has 0 saturated carbocycles. The van der Waals surface area contributed by atoms with Gasteiger partial charge in [-0.1, -0.05) is 46.0 Å². The zero-order chi connectivity index (χ0) is 13.5. The van der Waals surface area contributed by atoms with E-state index in [0.29, 0.717) is 6.42 Å². The second-order valence-corrected chi connectivity index (χ2v) is 4.85. The maximum atomic E-state index is 9.49. The van der Waals surface area contributed by atoms with E-state index in [1.807, 2.05) is 0 Å². The molecule has 0 atom stereocenters. The first-order valence-electron chi connectivity index (χ1n) is 7.03. The highest BCUT2D eigenvalue weighted by Gasteiger charge is 1.93. The fourth-order valence-corrected chi connectivity index (χ4v) is 1.46. The summed E-state index contributed by atoms with van der Waals surface area (Å²) in [5.74, 6) is -0.961. The largest absolute Gasteiger partial charge is 0.550 e. The molecular formula is C14H31NO2. The Morgan fingerprint density at radius 1 is 0.941 bits per heavy atom. The quantitative estimate of drug-likeness (QED) is 0.617. The predicted molar refractivity (Wildman–Crippen MR) is 71.0 cm³/mol. The summed E-state index contributed by atoms with van der Waals surface area (Å²) in [6, 6.07) is 0. The van der Waals surface area contributed by atoms with Gasteiger partial charge in [0.25, 0.3) is 0 Å². The fraction of sp³-hybridized carbons (Fsp3) is 0.929. The van der Waals surface area contributed by atoms with E-state index in [2.05, 4.69) is 21.0 Å². The molecule has 0 aromatic carbocycles. The smallest absolute Gasteiger partial charge is 0.0766 e. The molecule has 0 radical (unpaired) electrons. The van der Waals surface area contributed by atoms with Crippen LogP contribution in [0.1, 0.15) is 65.2 Å². The van der Waals surface area contributed by atoms with E-state index >= 15 is 0 Å². The van der Waals surface area contributed by atoms with Crippen molar-refractivity contribution in [2.75, 3.05) is 20.6 Å². The van der Waals surface area contributed by atoms with Gasteiger partial charge in [0.05, 0.1) is 20.6 Å². The van der Waals surface area contributed by atoms with E-state index < -0.39 is 5.97 Å². The van der Waals surface area contributed by atoms with Crippen molar-refractivity contribution in [3.05, 3.63) is 0 Å². The SMILES string of the molecule is CCCC(=O)[O-].CCCCCCCC[NH+](C)C. The van der Waals surface area contributed by atoms with Crippen LogP contribution in [0.2, 0.25) is 0 Å². The number of carboxylic acids is 1. The van der Waals surface area contributed by atoms with Gasteiger partial charge in [0.15, 0.2) is 0 Å². The molecule has 0 unspecified atom stereocenters. The molecular weight excluding hydrogens is 214 g/mol. The number of nitrogens with one attached hydrogen (secondary N) is 1. The van der Waals surface area contributed by atoms with Crippen LogP contribution in [0, 0.1) is 0 Å². The van der Waals surface area contributed by atoms with Crippen LogP contribution in [-0.4, -0.2) is 26.6 Å². The number of aliphatic carboxylic acids is 1. The van der Waals surface area contributed by atoms with Crippen molar-refractivity contribution in [3.8, 4) is 0 Å². The van der Waals surface area contributed by atoms with E-state index in [-0.39, 0.29) is 6.42 Å². The highest BCUT2D eigenvalue weighted by molar-refractivity contribution is 5.63. The molecule has 3 nitrogen and oxygen atoms in total. The van der Waals surface area contributed by atoms with Gasteiger partial charge in [0, 0.05) is 5.97 Å². The number of unbranched alkanes of at least 4 members (excludes halogenated alkanes) is 5. The third-order valence-corrected chi connectivity index (χ3v) is 2.48. The Morgan fingerprint density at radius 3 is 1.82 bits per heavy atom. The van der Waals surface area contributed by atoms with Crippen LogP contribution in [-0.2, 0) is 4.79 Å². The van der Waals surface area contributed by atoms with E-state index in [1.54, 1.807) is 11.8 Å². The number of carboxylic acid groups (broad SMARTS) is 1. The minimum Gasteiger partial charge on any atom is -0.550 e. The molecule has 0 aromatic heterocycles. The Hall–Kier alpha value is -0.570. The molecule has 0 rings (SSSR count). The summed E-state index contributed by atoms with van der Waals surface area (Å²) >= 11 is 0. The second-order valence-electron chi connectivity index (χ2n) is 4.85. The van der Waals surface area contributed by atoms with Gasteiger partial charge in [0.2, 0.25) is 0 Å².